The summed E-state index contributed by atoms with van der Waals surface area (Å²) in [4.78, 5) is 26.6. The van der Waals surface area contributed by atoms with Crippen molar-refractivity contribution in [1.29, 1.82) is 0 Å². The van der Waals surface area contributed by atoms with E-state index < -0.39 is 5.97 Å². The quantitative estimate of drug-likeness (QED) is 0.702. The molecule has 1 saturated heterocycles. The number of H-pyrrole nitrogens is 1. The Kier molecular flexibility index (Phi) is 4.34. The van der Waals surface area contributed by atoms with Crippen molar-refractivity contribution in [1.82, 2.24) is 19.7 Å². The largest absolute Gasteiger partial charge is 0.468 e. The van der Waals surface area contributed by atoms with Crippen molar-refractivity contribution in [2.24, 2.45) is 0 Å². The second-order valence-electron chi connectivity index (χ2n) is 6.45. The van der Waals surface area contributed by atoms with E-state index in [1.165, 1.54) is 7.11 Å². The standard InChI is InChI=1S/C18H20N4O4/c1-25-18(24)13-10-21(9-12-16(13)19-20-17(12)23)11-14(15-5-4-8-26-15)22-6-2-3-7-22/h4-5,8-10,14H,2-3,6-7,11H2,1H3,(H,20,23). The fraction of sp³-hybridized carbons (Fsp3) is 0.389. The Morgan fingerprint density at radius 2 is 2.19 bits per heavy atom. The van der Waals surface area contributed by atoms with Gasteiger partial charge in [0.05, 0.1) is 25.0 Å². The topological polar surface area (TPSA) is 93.4 Å². The molecule has 0 amide bonds. The molecule has 0 saturated carbocycles. The van der Waals surface area contributed by atoms with Gasteiger partial charge in [-0.2, -0.15) is 5.10 Å². The van der Waals surface area contributed by atoms with E-state index in [1.807, 2.05) is 16.7 Å². The summed E-state index contributed by atoms with van der Waals surface area (Å²) in [5.41, 5.74) is 0.638. The molecule has 0 radical (unpaired) electrons. The first-order chi connectivity index (χ1) is 12.7. The van der Waals surface area contributed by atoms with E-state index in [2.05, 4.69) is 15.1 Å². The van der Waals surface area contributed by atoms with E-state index in [1.54, 1.807) is 18.7 Å². The first-order valence-electron chi connectivity index (χ1n) is 8.61. The Hall–Kier alpha value is -2.87. The molecule has 1 fully saturated rings. The molecule has 1 aromatic heterocycles. The number of hydrogen-bond acceptors (Lipinski definition) is 6. The summed E-state index contributed by atoms with van der Waals surface area (Å²) in [6.45, 7) is 2.55. The predicted octanol–water partition coefficient (Wildman–Crippen LogP) is 1.89. The zero-order valence-corrected chi connectivity index (χ0v) is 14.5. The number of aromatic nitrogens is 3. The number of hydrogen-bond donors (Lipinski definition) is 1. The van der Waals surface area contributed by atoms with Crippen molar-refractivity contribution in [2.45, 2.75) is 25.4 Å². The second kappa shape index (κ2) is 6.80. The van der Waals surface area contributed by atoms with Crippen LogP contribution >= 0.6 is 0 Å². The zero-order chi connectivity index (χ0) is 18.1. The lowest BCUT2D eigenvalue weighted by molar-refractivity contribution is 0.0600. The van der Waals surface area contributed by atoms with Gasteiger partial charge >= 0.3 is 5.97 Å². The smallest absolute Gasteiger partial charge is 0.341 e. The molecule has 4 heterocycles. The lowest BCUT2D eigenvalue weighted by atomic mass is 10.1. The van der Waals surface area contributed by atoms with Crippen molar-refractivity contribution >= 4 is 5.97 Å². The number of fused-ring (bicyclic) bond motifs is 1. The third-order valence-corrected chi connectivity index (χ3v) is 4.86. The molecule has 136 valence electrons. The number of nitrogens with zero attached hydrogens (tertiary/aromatic N) is 3. The Labute approximate surface area is 149 Å². The van der Waals surface area contributed by atoms with Crippen LogP contribution in [0.15, 0.2) is 40.0 Å². The molecule has 0 aromatic carbocycles. The van der Waals surface area contributed by atoms with Crippen LogP contribution in [0.5, 0.6) is 0 Å². The van der Waals surface area contributed by atoms with Gasteiger partial charge in [-0.25, -0.2) is 9.89 Å². The molecule has 0 bridgehead atoms. The summed E-state index contributed by atoms with van der Waals surface area (Å²) in [5.74, 6) is 0.347. The monoisotopic (exact) mass is 356 g/mol. The number of carbonyl (C=O) groups excluding carboxylic acids is 1. The maximum Gasteiger partial charge on any atom is 0.341 e. The molecule has 4 rings (SSSR count). The highest BCUT2D eigenvalue weighted by molar-refractivity contribution is 5.95. The first kappa shape index (κ1) is 16.6. The molecule has 1 aromatic rings. The molecule has 8 heteroatoms. The van der Waals surface area contributed by atoms with Gasteiger partial charge in [-0.15, -0.1) is 0 Å². The number of pyridine rings is 1. The fourth-order valence-electron chi connectivity index (χ4n) is 3.57. The van der Waals surface area contributed by atoms with E-state index in [4.69, 9.17) is 9.15 Å². The molecule has 8 nitrogen and oxygen atoms in total. The minimum atomic E-state index is -0.522. The third-order valence-electron chi connectivity index (χ3n) is 4.86. The molecule has 0 aliphatic carbocycles. The third kappa shape index (κ3) is 2.92. The van der Waals surface area contributed by atoms with Gasteiger partial charge in [0.25, 0.3) is 5.56 Å². The highest BCUT2D eigenvalue weighted by atomic mass is 16.5. The Morgan fingerprint density at radius 1 is 1.38 bits per heavy atom. The minimum absolute atomic E-state index is 0.0300. The van der Waals surface area contributed by atoms with Crippen LogP contribution in [-0.2, 0) is 11.3 Å². The number of esters is 1. The van der Waals surface area contributed by atoms with Crippen molar-refractivity contribution in [2.75, 3.05) is 20.2 Å². The van der Waals surface area contributed by atoms with Gasteiger partial charge in [-0.1, -0.05) is 0 Å². The maximum atomic E-state index is 12.1. The number of furan rings is 1. The zero-order valence-electron chi connectivity index (χ0n) is 14.5. The molecule has 3 aliphatic heterocycles. The molecule has 1 atom stereocenters. The normalized spacial score (nSPS) is 16.2. The fourth-order valence-corrected chi connectivity index (χ4v) is 3.57. The van der Waals surface area contributed by atoms with E-state index in [0.29, 0.717) is 17.8 Å². The number of nitrogens with one attached hydrogen (secondary N) is 1. The van der Waals surface area contributed by atoms with Crippen LogP contribution in [0, 0.1) is 0 Å². The number of methoxy groups -OCH3 is 1. The van der Waals surface area contributed by atoms with Crippen molar-refractivity contribution in [3.63, 3.8) is 0 Å². The Morgan fingerprint density at radius 3 is 2.88 bits per heavy atom. The van der Waals surface area contributed by atoms with Gasteiger partial charge < -0.3 is 13.7 Å². The van der Waals surface area contributed by atoms with E-state index >= 15 is 0 Å². The Balaban J connectivity index is 1.75. The van der Waals surface area contributed by atoms with Crippen LogP contribution in [-0.4, -0.2) is 45.8 Å². The van der Waals surface area contributed by atoms with E-state index in [0.717, 1.165) is 31.7 Å². The maximum absolute atomic E-state index is 12.1. The summed E-state index contributed by atoms with van der Waals surface area (Å²) in [5, 5.41) is 6.36. The molecule has 3 aliphatic rings. The summed E-state index contributed by atoms with van der Waals surface area (Å²) in [7, 11) is 1.31. The van der Waals surface area contributed by atoms with Gasteiger partial charge in [-0.05, 0) is 38.1 Å². The number of rotatable bonds is 5. The van der Waals surface area contributed by atoms with Gasteiger partial charge in [0, 0.05) is 18.9 Å². The second-order valence-corrected chi connectivity index (χ2v) is 6.45. The van der Waals surface area contributed by atoms with Gasteiger partial charge in [0.15, 0.2) is 0 Å². The molecular formula is C18H20N4O4. The SMILES string of the molecule is COC(=O)c1cn(CC(c2ccco2)N2CCCC2)cc2c(=O)[nH]nc1-2. The summed E-state index contributed by atoms with van der Waals surface area (Å²) < 4.78 is 12.3. The molecular weight excluding hydrogens is 336 g/mol. The predicted molar refractivity (Wildman–Crippen MR) is 93.1 cm³/mol. The van der Waals surface area contributed by atoms with Crippen molar-refractivity contribution < 1.29 is 13.9 Å². The van der Waals surface area contributed by atoms with Crippen molar-refractivity contribution in [3.05, 3.63) is 52.5 Å². The molecule has 1 N–H and O–H groups in total. The van der Waals surface area contributed by atoms with Crippen LogP contribution in [0.3, 0.4) is 0 Å². The van der Waals surface area contributed by atoms with Gasteiger partial charge in [0.1, 0.15) is 17.0 Å². The Bertz CT molecular complexity index is 921. The molecule has 26 heavy (non-hydrogen) atoms. The highest BCUT2D eigenvalue weighted by Crippen LogP contribution is 2.28. The average Bonchev–Trinajstić information content (AvgIpc) is 3.41. The lowest BCUT2D eigenvalue weighted by Gasteiger charge is -2.27. The summed E-state index contributed by atoms with van der Waals surface area (Å²) in [6, 6.07) is 3.86. The highest BCUT2D eigenvalue weighted by Gasteiger charge is 2.28. The minimum Gasteiger partial charge on any atom is -0.468 e. The lowest BCUT2D eigenvalue weighted by Crippen LogP contribution is -2.29. The number of carbonyl (C=O) groups is 1. The van der Waals surface area contributed by atoms with Gasteiger partial charge in [0.2, 0.25) is 0 Å². The van der Waals surface area contributed by atoms with Crippen LogP contribution in [0.25, 0.3) is 11.3 Å². The van der Waals surface area contributed by atoms with E-state index in [9.17, 15) is 9.59 Å². The van der Waals surface area contributed by atoms with Crippen molar-refractivity contribution in [3.8, 4) is 11.3 Å². The summed E-state index contributed by atoms with van der Waals surface area (Å²) >= 11 is 0. The summed E-state index contributed by atoms with van der Waals surface area (Å²) in [6.07, 6.45) is 7.37. The van der Waals surface area contributed by atoms with Crippen LogP contribution in [0.4, 0.5) is 0 Å². The average molecular weight is 356 g/mol. The number of aromatic amines is 1. The van der Waals surface area contributed by atoms with E-state index in [-0.39, 0.29) is 17.2 Å². The van der Waals surface area contributed by atoms with Crippen LogP contribution in [0.1, 0.15) is 35.0 Å². The number of ether oxygens (including phenoxy) is 1. The van der Waals surface area contributed by atoms with Crippen LogP contribution < -0.4 is 5.56 Å². The molecule has 1 unspecified atom stereocenters. The first-order valence-corrected chi connectivity index (χ1v) is 8.61. The van der Waals surface area contributed by atoms with Gasteiger partial charge in [-0.3, -0.25) is 9.69 Å². The number of likely N-dealkylation sites (tertiary alicyclic amines) is 1. The van der Waals surface area contributed by atoms with Crippen LogP contribution in [0.2, 0.25) is 0 Å². The molecule has 0 spiro atoms.